The summed E-state index contributed by atoms with van der Waals surface area (Å²) in [6, 6.07) is 16.3. The molecule has 1 aromatic carbocycles. The Bertz CT molecular complexity index is 1380. The van der Waals surface area contributed by atoms with E-state index >= 15 is 0 Å². The molecular formula is C29H34N8. The summed E-state index contributed by atoms with van der Waals surface area (Å²) < 4.78 is 7.96. The minimum atomic E-state index is 0.191. The Balaban J connectivity index is 1.10. The molecule has 2 bridgehead atoms. The van der Waals surface area contributed by atoms with Gasteiger partial charge in [-0.15, -0.1) is 0 Å². The van der Waals surface area contributed by atoms with Crippen LogP contribution in [-0.4, -0.2) is 84.8 Å². The zero-order chi connectivity index (χ0) is 25.8. The van der Waals surface area contributed by atoms with Crippen molar-refractivity contribution in [1.82, 2.24) is 20.2 Å². The number of nitrogens with one attached hydrogen (secondary N) is 1. The highest BCUT2D eigenvalue weighted by Crippen LogP contribution is 2.33. The van der Waals surface area contributed by atoms with Crippen LogP contribution in [0.4, 0.5) is 17.2 Å². The molecule has 4 aliphatic heterocycles. The van der Waals surface area contributed by atoms with Crippen molar-refractivity contribution in [3.8, 4) is 6.07 Å². The normalized spacial score (nSPS) is 28.2. The largest absolute Gasteiger partial charge is 0.368 e. The third-order valence-electron chi connectivity index (χ3n) is 8.80. The summed E-state index contributed by atoms with van der Waals surface area (Å²) in [6.07, 6.45) is 4.81. The van der Waals surface area contributed by atoms with Crippen LogP contribution >= 0.6 is 0 Å². The van der Waals surface area contributed by atoms with Gasteiger partial charge in [0.05, 0.1) is 24.3 Å². The molecule has 4 saturated heterocycles. The second-order valence-electron chi connectivity index (χ2n) is 11.1. The molecule has 0 aliphatic carbocycles. The molecule has 7 rings (SSSR count). The van der Waals surface area contributed by atoms with Gasteiger partial charge in [0.2, 0.25) is 0 Å². The first kappa shape index (κ1) is 21.7. The Morgan fingerprint density at radius 1 is 0.946 bits per heavy atom. The maximum Gasteiger partial charge on any atom is 0.128 e. The standard InChI is InChI=1S/C29H34N8/c1-20-15-35(27-8-4-21(13-30)29-26(27)3-2-10-31-29)19-25-18-34(11-12-37(20)25)24-7-9-28(32-14-24)36-16-22-5-6-23(17-36)33-22/h2-4,7-10,14,20,22-23,25,33H,5-6,11-12,15-19H2,1H3/t20-,22?,23?,25-/m0/s1/i10D. The monoisotopic (exact) mass is 495 g/mol. The molecule has 2 unspecified atom stereocenters. The van der Waals surface area contributed by atoms with E-state index in [1.54, 1.807) is 6.07 Å². The van der Waals surface area contributed by atoms with Gasteiger partial charge in [-0.2, -0.15) is 5.26 Å². The molecule has 6 heterocycles. The highest BCUT2D eigenvalue weighted by Gasteiger charge is 2.37. The van der Waals surface area contributed by atoms with Gasteiger partial charge in [-0.1, -0.05) is 0 Å². The van der Waals surface area contributed by atoms with Gasteiger partial charge in [0, 0.05) is 87.2 Å². The fraction of sp³-hybridized carbons (Fsp3) is 0.483. The van der Waals surface area contributed by atoms with Crippen LogP contribution < -0.4 is 20.0 Å². The van der Waals surface area contributed by atoms with Crippen molar-refractivity contribution < 1.29 is 1.37 Å². The molecule has 2 aromatic heterocycles. The maximum absolute atomic E-state index is 9.59. The highest BCUT2D eigenvalue weighted by atomic mass is 15.4. The lowest BCUT2D eigenvalue weighted by Crippen LogP contribution is -2.65. The fourth-order valence-corrected chi connectivity index (χ4v) is 7.00. The van der Waals surface area contributed by atoms with Crippen LogP contribution in [0.15, 0.2) is 48.8 Å². The summed E-state index contributed by atoms with van der Waals surface area (Å²) in [4.78, 5) is 19.3. The second kappa shape index (κ2) is 9.16. The Hall–Kier alpha value is -3.41. The molecule has 37 heavy (non-hydrogen) atoms. The first-order chi connectivity index (χ1) is 18.6. The molecule has 1 N–H and O–H groups in total. The summed E-state index contributed by atoms with van der Waals surface area (Å²) in [5, 5.41) is 14.2. The van der Waals surface area contributed by atoms with Crippen molar-refractivity contribution in [2.45, 2.75) is 43.9 Å². The molecule has 0 amide bonds. The highest BCUT2D eigenvalue weighted by molar-refractivity contribution is 5.95. The van der Waals surface area contributed by atoms with Crippen molar-refractivity contribution >= 4 is 28.1 Å². The van der Waals surface area contributed by atoms with Crippen LogP contribution in [0.3, 0.4) is 0 Å². The minimum Gasteiger partial charge on any atom is -0.368 e. The Morgan fingerprint density at radius 3 is 2.57 bits per heavy atom. The predicted octanol–water partition coefficient (Wildman–Crippen LogP) is 2.84. The molecule has 4 atom stereocenters. The van der Waals surface area contributed by atoms with E-state index in [1.165, 1.54) is 18.5 Å². The number of anilines is 3. The summed E-state index contributed by atoms with van der Waals surface area (Å²) in [5.41, 5.74) is 3.46. The number of fused-ring (bicyclic) bond motifs is 4. The Labute approximate surface area is 219 Å². The van der Waals surface area contributed by atoms with Crippen molar-refractivity contribution in [3.63, 3.8) is 0 Å². The van der Waals surface area contributed by atoms with Gasteiger partial charge in [-0.25, -0.2) is 4.98 Å². The van der Waals surface area contributed by atoms with Gasteiger partial charge in [0.15, 0.2) is 0 Å². The van der Waals surface area contributed by atoms with Crippen LogP contribution in [0.2, 0.25) is 0 Å². The van der Waals surface area contributed by atoms with Crippen LogP contribution in [0, 0.1) is 11.3 Å². The molecular weight excluding hydrogens is 460 g/mol. The third kappa shape index (κ3) is 4.07. The maximum atomic E-state index is 9.59. The van der Waals surface area contributed by atoms with Crippen molar-refractivity contribution in [1.29, 1.82) is 5.26 Å². The minimum absolute atomic E-state index is 0.191. The average molecular weight is 496 g/mol. The van der Waals surface area contributed by atoms with Gasteiger partial charge in [-0.3, -0.25) is 9.88 Å². The third-order valence-corrected chi connectivity index (χ3v) is 8.80. The van der Waals surface area contributed by atoms with E-state index in [0.29, 0.717) is 35.2 Å². The number of hydrogen-bond donors (Lipinski definition) is 1. The molecule has 8 heteroatoms. The average Bonchev–Trinajstić information content (AvgIpc) is 3.29. The zero-order valence-corrected chi connectivity index (χ0v) is 21.3. The van der Waals surface area contributed by atoms with Gasteiger partial charge >= 0.3 is 0 Å². The number of nitrogens with zero attached hydrogens (tertiary/aromatic N) is 7. The van der Waals surface area contributed by atoms with E-state index in [0.717, 1.165) is 62.7 Å². The summed E-state index contributed by atoms with van der Waals surface area (Å²) in [6.45, 7) is 9.29. The number of benzene rings is 1. The lowest BCUT2D eigenvalue weighted by atomic mass is 10.0. The zero-order valence-electron chi connectivity index (χ0n) is 22.3. The van der Waals surface area contributed by atoms with Crippen molar-refractivity contribution in [3.05, 3.63) is 54.3 Å². The van der Waals surface area contributed by atoms with Gasteiger partial charge in [0.25, 0.3) is 0 Å². The molecule has 0 spiro atoms. The van der Waals surface area contributed by atoms with Crippen LogP contribution in [0.1, 0.15) is 26.7 Å². The first-order valence-corrected chi connectivity index (χ1v) is 13.6. The van der Waals surface area contributed by atoms with Crippen molar-refractivity contribution in [2.24, 2.45) is 0 Å². The molecule has 3 aromatic rings. The van der Waals surface area contributed by atoms with Gasteiger partial charge in [-0.05, 0) is 56.2 Å². The number of piperazine rings is 3. The quantitative estimate of drug-likeness (QED) is 0.595. The van der Waals surface area contributed by atoms with E-state index in [9.17, 15) is 5.26 Å². The van der Waals surface area contributed by atoms with E-state index in [-0.39, 0.29) is 6.17 Å². The van der Waals surface area contributed by atoms with E-state index < -0.39 is 0 Å². The molecule has 8 nitrogen and oxygen atoms in total. The summed E-state index contributed by atoms with van der Waals surface area (Å²) in [5.74, 6) is 1.10. The van der Waals surface area contributed by atoms with Crippen LogP contribution in [0.25, 0.3) is 10.9 Å². The molecule has 0 radical (unpaired) electrons. The lowest BCUT2D eigenvalue weighted by molar-refractivity contribution is 0.108. The van der Waals surface area contributed by atoms with E-state index in [1.807, 2.05) is 12.1 Å². The number of hydrogen-bond acceptors (Lipinski definition) is 8. The fourth-order valence-electron chi connectivity index (χ4n) is 7.00. The van der Waals surface area contributed by atoms with Crippen LogP contribution in [0.5, 0.6) is 0 Å². The van der Waals surface area contributed by atoms with E-state index in [2.05, 4.69) is 67.3 Å². The van der Waals surface area contributed by atoms with Crippen LogP contribution in [-0.2, 0) is 0 Å². The number of nitriles is 1. The molecule has 4 fully saturated rings. The molecule has 190 valence electrons. The number of rotatable bonds is 3. The van der Waals surface area contributed by atoms with Gasteiger partial charge < -0.3 is 20.0 Å². The second-order valence-corrected chi connectivity index (χ2v) is 11.1. The number of aromatic nitrogens is 2. The molecule has 4 aliphatic rings. The van der Waals surface area contributed by atoms with E-state index in [4.69, 9.17) is 6.35 Å². The summed E-state index contributed by atoms with van der Waals surface area (Å²) >= 11 is 0. The Morgan fingerprint density at radius 2 is 1.78 bits per heavy atom. The smallest absolute Gasteiger partial charge is 0.128 e. The van der Waals surface area contributed by atoms with Gasteiger partial charge in [0.1, 0.15) is 11.9 Å². The SMILES string of the molecule is [2H]c1ccc2c(N3C[C@@H]4CN(c5ccc(N6CC7CCC(C6)N7)nc5)CCN4[C@@H](C)C3)ccc(C#N)c2n1. The molecule has 0 saturated carbocycles. The van der Waals surface area contributed by atoms with Crippen molar-refractivity contribution in [2.75, 3.05) is 60.5 Å². The lowest BCUT2D eigenvalue weighted by Gasteiger charge is -2.51. The Kier molecular flexibility index (Phi) is 5.36. The summed E-state index contributed by atoms with van der Waals surface area (Å²) in [7, 11) is 0. The predicted molar refractivity (Wildman–Crippen MR) is 147 cm³/mol. The topological polar surface area (TPSA) is 74.6 Å². The number of pyridine rings is 2. The first-order valence-electron chi connectivity index (χ1n) is 14.1.